The van der Waals surface area contributed by atoms with E-state index in [0.29, 0.717) is 13.1 Å². The molecule has 0 atom stereocenters. The summed E-state index contributed by atoms with van der Waals surface area (Å²) in [5, 5.41) is 11.1. The molecule has 0 fully saturated rings. The molecule has 3 amide bonds. The zero-order valence-corrected chi connectivity index (χ0v) is 16.6. The van der Waals surface area contributed by atoms with Crippen LogP contribution in [0, 0.1) is 10.1 Å². The Kier molecular flexibility index (Phi) is 5.38. The highest BCUT2D eigenvalue weighted by Crippen LogP contribution is 2.30. The van der Waals surface area contributed by atoms with E-state index in [2.05, 4.69) is 15.9 Å². The van der Waals surface area contributed by atoms with Crippen molar-refractivity contribution < 1.29 is 19.3 Å². The zero-order chi connectivity index (χ0) is 19.7. The number of nitrogens with zero attached hydrogens (tertiary/aromatic N) is 3. The van der Waals surface area contributed by atoms with E-state index in [1.165, 1.54) is 34.4 Å². The van der Waals surface area contributed by atoms with Crippen LogP contribution in [0.25, 0.3) is 0 Å². The summed E-state index contributed by atoms with van der Waals surface area (Å²) in [6, 6.07) is 7.63. The summed E-state index contributed by atoms with van der Waals surface area (Å²) in [6.07, 6.45) is 0. The number of hydrogen-bond donors (Lipinski definition) is 0. The highest BCUT2D eigenvalue weighted by atomic mass is 79.9. The van der Waals surface area contributed by atoms with Gasteiger partial charge in [0.2, 0.25) is 5.91 Å². The number of carbonyl (C=O) groups is 3. The van der Waals surface area contributed by atoms with E-state index in [9.17, 15) is 24.5 Å². The molecule has 2 heterocycles. The SMILES string of the molecule is CCN(Cc1ccc(Br)s1)C(=O)CN1C(=O)c2cccc([N+](=O)[O-])c2C1=O. The standard InChI is InChI=1S/C17H14BrN3O5S/c1-2-19(8-10-6-7-13(18)27-10)14(22)9-20-16(23)11-4-3-5-12(21(25)26)15(11)17(20)24/h3-7H,2,8-9H2,1H3. The molecule has 1 aliphatic heterocycles. The van der Waals surface area contributed by atoms with Gasteiger partial charge in [-0.25, -0.2) is 0 Å². The number of carbonyl (C=O) groups excluding carboxylic acids is 3. The normalized spacial score (nSPS) is 13.0. The number of nitro groups is 1. The predicted octanol–water partition coefficient (Wildman–Crippen LogP) is 3.06. The smallest absolute Gasteiger partial charge is 0.282 e. The van der Waals surface area contributed by atoms with Crippen molar-refractivity contribution in [2.75, 3.05) is 13.1 Å². The second-order valence-electron chi connectivity index (χ2n) is 5.77. The summed E-state index contributed by atoms with van der Waals surface area (Å²) >= 11 is 4.85. The first-order valence-corrected chi connectivity index (χ1v) is 9.60. The molecule has 1 aromatic heterocycles. The van der Waals surface area contributed by atoms with Gasteiger partial charge in [0.05, 0.1) is 20.8 Å². The monoisotopic (exact) mass is 451 g/mol. The van der Waals surface area contributed by atoms with Crippen molar-refractivity contribution in [2.45, 2.75) is 13.5 Å². The van der Waals surface area contributed by atoms with Crippen LogP contribution in [-0.4, -0.2) is 45.5 Å². The van der Waals surface area contributed by atoms with Crippen LogP contribution in [0.3, 0.4) is 0 Å². The molecule has 0 unspecified atom stereocenters. The van der Waals surface area contributed by atoms with Crippen molar-refractivity contribution in [3.63, 3.8) is 0 Å². The quantitative estimate of drug-likeness (QED) is 0.381. The van der Waals surface area contributed by atoms with Crippen molar-refractivity contribution in [2.24, 2.45) is 0 Å². The Balaban J connectivity index is 1.80. The number of likely N-dealkylation sites (N-methyl/N-ethyl adjacent to an activating group) is 1. The van der Waals surface area contributed by atoms with Gasteiger partial charge in [0.15, 0.2) is 0 Å². The molecule has 0 saturated carbocycles. The number of halogens is 1. The van der Waals surface area contributed by atoms with Crippen molar-refractivity contribution in [1.29, 1.82) is 0 Å². The summed E-state index contributed by atoms with van der Waals surface area (Å²) in [5.74, 6) is -1.91. The molecule has 0 bridgehead atoms. The van der Waals surface area contributed by atoms with Gasteiger partial charge in [-0.2, -0.15) is 0 Å². The number of imide groups is 1. The Morgan fingerprint density at radius 1 is 1.26 bits per heavy atom. The minimum absolute atomic E-state index is 0.0489. The molecule has 8 nitrogen and oxygen atoms in total. The van der Waals surface area contributed by atoms with Gasteiger partial charge in [0.25, 0.3) is 17.5 Å². The maximum Gasteiger partial charge on any atom is 0.282 e. The Hall–Kier alpha value is -2.59. The molecule has 0 saturated heterocycles. The van der Waals surface area contributed by atoms with Crippen molar-refractivity contribution >= 4 is 50.7 Å². The molecule has 0 N–H and O–H groups in total. The van der Waals surface area contributed by atoms with Gasteiger partial charge in [-0.3, -0.25) is 29.4 Å². The molecular weight excluding hydrogens is 438 g/mol. The number of benzene rings is 1. The number of rotatable bonds is 6. The second-order valence-corrected chi connectivity index (χ2v) is 8.31. The molecule has 1 aliphatic rings. The topological polar surface area (TPSA) is 101 Å². The molecular formula is C17H14BrN3O5S. The van der Waals surface area contributed by atoms with Gasteiger partial charge in [-0.1, -0.05) is 6.07 Å². The highest BCUT2D eigenvalue weighted by Gasteiger charge is 2.42. The molecule has 3 rings (SSSR count). The molecule has 1 aromatic carbocycles. The minimum atomic E-state index is -0.814. The van der Waals surface area contributed by atoms with Gasteiger partial charge < -0.3 is 4.90 Å². The first-order valence-electron chi connectivity index (χ1n) is 7.99. The van der Waals surface area contributed by atoms with Crippen molar-refractivity contribution in [3.05, 3.63) is 60.2 Å². The van der Waals surface area contributed by atoms with Crippen molar-refractivity contribution in [3.8, 4) is 0 Å². The van der Waals surface area contributed by atoms with Crippen LogP contribution in [0.5, 0.6) is 0 Å². The van der Waals surface area contributed by atoms with E-state index in [0.717, 1.165) is 13.6 Å². The molecule has 0 radical (unpaired) electrons. The number of amides is 3. The van der Waals surface area contributed by atoms with Gasteiger partial charge in [0, 0.05) is 17.5 Å². The van der Waals surface area contributed by atoms with Gasteiger partial charge >= 0.3 is 0 Å². The Labute approximate surface area is 166 Å². The third-order valence-electron chi connectivity index (χ3n) is 4.18. The van der Waals surface area contributed by atoms with E-state index in [-0.39, 0.29) is 11.1 Å². The predicted molar refractivity (Wildman–Crippen MR) is 102 cm³/mol. The van der Waals surface area contributed by atoms with E-state index < -0.39 is 34.9 Å². The summed E-state index contributed by atoms with van der Waals surface area (Å²) in [5.41, 5.74) is -0.741. The molecule has 140 valence electrons. The summed E-state index contributed by atoms with van der Waals surface area (Å²) < 4.78 is 0.939. The average molecular weight is 452 g/mol. The van der Waals surface area contributed by atoms with E-state index >= 15 is 0 Å². The Bertz CT molecular complexity index is 958. The fourth-order valence-electron chi connectivity index (χ4n) is 2.85. The first kappa shape index (κ1) is 19.2. The van der Waals surface area contributed by atoms with Gasteiger partial charge in [0.1, 0.15) is 12.1 Å². The molecule has 2 aromatic rings. The van der Waals surface area contributed by atoms with Crippen LogP contribution in [0.1, 0.15) is 32.5 Å². The fraction of sp³-hybridized carbons (Fsp3) is 0.235. The molecule has 0 spiro atoms. The third-order valence-corrected chi connectivity index (χ3v) is 5.79. The number of thiophene rings is 1. The van der Waals surface area contributed by atoms with E-state index in [4.69, 9.17) is 0 Å². The lowest BCUT2D eigenvalue weighted by molar-refractivity contribution is -0.385. The van der Waals surface area contributed by atoms with E-state index in [1.54, 1.807) is 6.92 Å². The Morgan fingerprint density at radius 2 is 2.00 bits per heavy atom. The van der Waals surface area contributed by atoms with Crippen LogP contribution in [0.2, 0.25) is 0 Å². The summed E-state index contributed by atoms with van der Waals surface area (Å²) in [7, 11) is 0. The largest absolute Gasteiger partial charge is 0.336 e. The Morgan fingerprint density at radius 3 is 2.59 bits per heavy atom. The summed E-state index contributed by atoms with van der Waals surface area (Å²) in [6.45, 7) is 2.10. The average Bonchev–Trinajstić information content (AvgIpc) is 3.16. The van der Waals surface area contributed by atoms with Gasteiger partial charge in [-0.15, -0.1) is 11.3 Å². The molecule has 10 heteroatoms. The minimum Gasteiger partial charge on any atom is -0.336 e. The number of nitro benzene ring substituents is 1. The fourth-order valence-corrected chi connectivity index (χ4v) is 4.35. The van der Waals surface area contributed by atoms with Crippen LogP contribution in [-0.2, 0) is 11.3 Å². The van der Waals surface area contributed by atoms with Crippen LogP contribution in [0.4, 0.5) is 5.69 Å². The lowest BCUT2D eigenvalue weighted by Crippen LogP contribution is -2.42. The molecule has 27 heavy (non-hydrogen) atoms. The lowest BCUT2D eigenvalue weighted by atomic mass is 10.1. The number of hydrogen-bond acceptors (Lipinski definition) is 6. The maximum atomic E-state index is 12.6. The van der Waals surface area contributed by atoms with Crippen LogP contribution < -0.4 is 0 Å². The van der Waals surface area contributed by atoms with Crippen LogP contribution in [0.15, 0.2) is 34.1 Å². The number of fused-ring (bicyclic) bond motifs is 1. The third kappa shape index (κ3) is 3.62. The molecule has 0 aliphatic carbocycles. The first-order chi connectivity index (χ1) is 12.8. The zero-order valence-electron chi connectivity index (χ0n) is 14.2. The lowest BCUT2D eigenvalue weighted by Gasteiger charge is -2.23. The van der Waals surface area contributed by atoms with E-state index in [1.807, 2.05) is 12.1 Å². The summed E-state index contributed by atoms with van der Waals surface area (Å²) in [4.78, 5) is 51.4. The second kappa shape index (κ2) is 7.57. The van der Waals surface area contributed by atoms with Crippen LogP contribution >= 0.6 is 27.3 Å². The van der Waals surface area contributed by atoms with Crippen molar-refractivity contribution in [1.82, 2.24) is 9.80 Å². The maximum absolute atomic E-state index is 12.6. The van der Waals surface area contributed by atoms with Gasteiger partial charge in [-0.05, 0) is 41.1 Å². The highest BCUT2D eigenvalue weighted by molar-refractivity contribution is 9.11.